The van der Waals surface area contributed by atoms with Gasteiger partial charge in [-0.25, -0.2) is 0 Å². The number of aromatic nitrogens is 4. The lowest BCUT2D eigenvalue weighted by Crippen LogP contribution is -2.47. The van der Waals surface area contributed by atoms with E-state index >= 15 is 0 Å². The Morgan fingerprint density at radius 2 is 1.77 bits per heavy atom. The van der Waals surface area contributed by atoms with Gasteiger partial charge in [-0.3, -0.25) is 9.78 Å². The van der Waals surface area contributed by atoms with Crippen molar-refractivity contribution >= 4 is 17.2 Å². The molecule has 11 heteroatoms. The first-order valence-electron chi connectivity index (χ1n) is 10.9. The fraction of sp³-hybridized carbons (Fsp3) is 0.292. The van der Waals surface area contributed by atoms with Crippen LogP contribution in [-0.2, 0) is 4.74 Å². The molecule has 0 radical (unpaired) electrons. The first-order chi connectivity index (χ1) is 17.2. The number of hydrogen-bond donors (Lipinski definition) is 0. The van der Waals surface area contributed by atoms with Crippen LogP contribution in [-0.4, -0.2) is 76.4 Å². The SMILES string of the molecule is C=CCOc1nc(OCC=C)nc(OCC2CN(C(=O)c3ccc(-c4ccccn4)s3)CCO2)n1. The highest BCUT2D eigenvalue weighted by molar-refractivity contribution is 7.17. The van der Waals surface area contributed by atoms with E-state index in [0.717, 1.165) is 10.6 Å². The lowest BCUT2D eigenvalue weighted by molar-refractivity contribution is -0.0414. The molecule has 3 aromatic rings. The number of nitrogens with zero attached hydrogens (tertiary/aromatic N) is 5. The molecular formula is C24H25N5O5S. The standard InChI is InChI=1S/C24H25N5O5S/c1-3-12-32-22-26-23(33-13-4-2)28-24(27-22)34-16-17-15-29(11-14-31-17)21(30)20-9-8-19(35-20)18-7-5-6-10-25-18/h3-10,17H,1-2,11-16H2. The number of hydrogen-bond acceptors (Lipinski definition) is 10. The van der Waals surface area contributed by atoms with Gasteiger partial charge >= 0.3 is 18.0 Å². The number of morpholine rings is 1. The highest BCUT2D eigenvalue weighted by Crippen LogP contribution is 2.27. The van der Waals surface area contributed by atoms with Crippen molar-refractivity contribution in [3.63, 3.8) is 0 Å². The van der Waals surface area contributed by atoms with Crippen molar-refractivity contribution in [3.05, 3.63) is 66.7 Å². The van der Waals surface area contributed by atoms with E-state index < -0.39 is 0 Å². The summed E-state index contributed by atoms with van der Waals surface area (Å²) in [5.41, 5.74) is 0.843. The third kappa shape index (κ3) is 6.61. The Morgan fingerprint density at radius 1 is 1.06 bits per heavy atom. The van der Waals surface area contributed by atoms with E-state index in [4.69, 9.17) is 18.9 Å². The quantitative estimate of drug-likeness (QED) is 0.371. The highest BCUT2D eigenvalue weighted by atomic mass is 32.1. The van der Waals surface area contributed by atoms with Crippen molar-refractivity contribution in [2.75, 3.05) is 39.5 Å². The molecular weight excluding hydrogens is 470 g/mol. The predicted octanol–water partition coefficient (Wildman–Crippen LogP) is 3.04. The van der Waals surface area contributed by atoms with E-state index in [1.165, 1.54) is 11.3 Å². The fourth-order valence-corrected chi connectivity index (χ4v) is 4.16. The third-order valence-electron chi connectivity index (χ3n) is 4.79. The summed E-state index contributed by atoms with van der Waals surface area (Å²) >= 11 is 1.42. The smallest absolute Gasteiger partial charge is 0.326 e. The Morgan fingerprint density at radius 3 is 2.43 bits per heavy atom. The average molecular weight is 496 g/mol. The van der Waals surface area contributed by atoms with Gasteiger partial charge in [0.15, 0.2) is 0 Å². The van der Waals surface area contributed by atoms with E-state index in [2.05, 4.69) is 33.1 Å². The minimum Gasteiger partial charge on any atom is -0.460 e. The van der Waals surface area contributed by atoms with E-state index in [1.807, 2.05) is 30.3 Å². The summed E-state index contributed by atoms with van der Waals surface area (Å²) in [6.45, 7) is 9.06. The van der Waals surface area contributed by atoms with Crippen LogP contribution >= 0.6 is 11.3 Å². The zero-order valence-electron chi connectivity index (χ0n) is 19.0. The second kappa shape index (κ2) is 12.0. The fourth-order valence-electron chi connectivity index (χ4n) is 3.21. The van der Waals surface area contributed by atoms with E-state index in [-0.39, 0.29) is 49.9 Å². The lowest BCUT2D eigenvalue weighted by atomic mass is 10.2. The van der Waals surface area contributed by atoms with Crippen LogP contribution in [0.1, 0.15) is 9.67 Å². The predicted molar refractivity (Wildman–Crippen MR) is 130 cm³/mol. The van der Waals surface area contributed by atoms with Crippen LogP contribution in [0.3, 0.4) is 0 Å². The van der Waals surface area contributed by atoms with Crippen LogP contribution in [0.25, 0.3) is 10.6 Å². The molecule has 1 atom stereocenters. The minimum atomic E-state index is -0.352. The second-order valence-electron chi connectivity index (χ2n) is 7.32. The van der Waals surface area contributed by atoms with Gasteiger partial charge in [-0.2, -0.15) is 0 Å². The number of carbonyl (C=O) groups is 1. The summed E-state index contributed by atoms with van der Waals surface area (Å²) in [7, 11) is 0. The van der Waals surface area contributed by atoms with Crippen LogP contribution < -0.4 is 14.2 Å². The molecule has 182 valence electrons. The van der Waals surface area contributed by atoms with E-state index in [9.17, 15) is 4.79 Å². The first-order valence-corrected chi connectivity index (χ1v) is 11.8. The molecule has 1 saturated heterocycles. The Labute approximate surface area is 206 Å². The van der Waals surface area contributed by atoms with Crippen LogP contribution in [0.15, 0.2) is 61.8 Å². The molecule has 1 amide bonds. The van der Waals surface area contributed by atoms with Gasteiger partial charge < -0.3 is 23.8 Å². The molecule has 0 bridgehead atoms. The molecule has 1 fully saturated rings. The van der Waals surface area contributed by atoms with Crippen LogP contribution in [0.5, 0.6) is 18.0 Å². The monoisotopic (exact) mass is 495 g/mol. The van der Waals surface area contributed by atoms with Gasteiger partial charge in [0.1, 0.15) is 25.9 Å². The molecule has 0 saturated carbocycles. The summed E-state index contributed by atoms with van der Waals surface area (Å²) in [6.07, 6.45) is 4.53. The minimum absolute atomic E-state index is 0.0310. The number of rotatable bonds is 11. The summed E-state index contributed by atoms with van der Waals surface area (Å²) in [5, 5.41) is 0. The van der Waals surface area contributed by atoms with Crippen molar-refractivity contribution < 1.29 is 23.7 Å². The van der Waals surface area contributed by atoms with Crippen LogP contribution in [0.4, 0.5) is 0 Å². The molecule has 0 spiro atoms. The molecule has 10 nitrogen and oxygen atoms in total. The Hall–Kier alpha value is -3.83. The molecule has 35 heavy (non-hydrogen) atoms. The van der Waals surface area contributed by atoms with Gasteiger partial charge in [0.2, 0.25) is 0 Å². The number of thiophene rings is 1. The number of pyridine rings is 1. The number of amides is 1. The van der Waals surface area contributed by atoms with Crippen molar-refractivity contribution in [2.24, 2.45) is 0 Å². The summed E-state index contributed by atoms with van der Waals surface area (Å²) in [5.74, 6) is -0.0501. The van der Waals surface area contributed by atoms with Crippen molar-refractivity contribution in [2.45, 2.75) is 6.10 Å². The van der Waals surface area contributed by atoms with Gasteiger partial charge in [0, 0.05) is 12.7 Å². The van der Waals surface area contributed by atoms with Gasteiger partial charge in [-0.15, -0.1) is 26.3 Å². The van der Waals surface area contributed by atoms with Crippen LogP contribution in [0.2, 0.25) is 0 Å². The van der Waals surface area contributed by atoms with Gasteiger partial charge in [0.05, 0.1) is 28.6 Å². The second-order valence-corrected chi connectivity index (χ2v) is 8.40. The van der Waals surface area contributed by atoms with Gasteiger partial charge in [-0.05, 0) is 24.3 Å². The summed E-state index contributed by atoms with van der Waals surface area (Å²) < 4.78 is 22.3. The molecule has 1 aliphatic heterocycles. The van der Waals surface area contributed by atoms with Crippen molar-refractivity contribution in [1.29, 1.82) is 0 Å². The molecule has 0 N–H and O–H groups in total. The number of carbonyl (C=O) groups excluding carboxylic acids is 1. The maximum atomic E-state index is 13.1. The zero-order chi connectivity index (χ0) is 24.5. The largest absolute Gasteiger partial charge is 0.460 e. The highest BCUT2D eigenvalue weighted by Gasteiger charge is 2.27. The Bertz CT molecular complexity index is 1130. The first kappa shape index (κ1) is 24.3. The molecule has 0 aliphatic carbocycles. The summed E-state index contributed by atoms with van der Waals surface area (Å²) in [4.78, 5) is 33.1. The number of ether oxygens (including phenoxy) is 4. The maximum absolute atomic E-state index is 13.1. The molecule has 4 heterocycles. The Balaban J connectivity index is 1.37. The van der Waals surface area contributed by atoms with Gasteiger partial charge in [-0.1, -0.05) is 31.4 Å². The third-order valence-corrected chi connectivity index (χ3v) is 5.89. The summed E-state index contributed by atoms with van der Waals surface area (Å²) in [6, 6.07) is 9.59. The topological polar surface area (TPSA) is 109 Å². The maximum Gasteiger partial charge on any atom is 0.326 e. The van der Waals surface area contributed by atoms with Crippen molar-refractivity contribution in [1.82, 2.24) is 24.8 Å². The van der Waals surface area contributed by atoms with Gasteiger partial charge in [0.25, 0.3) is 5.91 Å². The molecule has 3 aromatic heterocycles. The molecule has 1 aliphatic rings. The zero-order valence-corrected chi connectivity index (χ0v) is 19.9. The van der Waals surface area contributed by atoms with E-state index in [1.54, 1.807) is 23.2 Å². The Kier molecular flexibility index (Phi) is 8.36. The molecule has 1 unspecified atom stereocenters. The lowest BCUT2D eigenvalue weighted by Gasteiger charge is -2.32. The van der Waals surface area contributed by atoms with Crippen molar-refractivity contribution in [3.8, 4) is 28.6 Å². The van der Waals surface area contributed by atoms with E-state index in [0.29, 0.717) is 24.6 Å². The van der Waals surface area contributed by atoms with Crippen LogP contribution in [0, 0.1) is 0 Å². The normalized spacial score (nSPS) is 15.3. The molecule has 0 aromatic carbocycles. The molecule has 4 rings (SSSR count). The average Bonchev–Trinajstić information content (AvgIpc) is 3.40.